The number of hydrogen-bond acceptors (Lipinski definition) is 5. The quantitative estimate of drug-likeness (QED) is 0.215. The predicted octanol–water partition coefficient (Wildman–Crippen LogP) is 7.16. The van der Waals surface area contributed by atoms with E-state index in [-0.39, 0.29) is 25.1 Å². The number of nitrogens with zero attached hydrogens (tertiary/aromatic N) is 1. The van der Waals surface area contributed by atoms with Gasteiger partial charge in [0.2, 0.25) is 10.0 Å². The summed E-state index contributed by atoms with van der Waals surface area (Å²) in [6.45, 7) is 4.08. The van der Waals surface area contributed by atoms with Crippen LogP contribution in [0, 0.1) is 37.1 Å². The second-order valence-electron chi connectivity index (χ2n) is 9.27. The number of ether oxygens (including phenoxy) is 3. The van der Waals surface area contributed by atoms with Gasteiger partial charge in [0, 0.05) is 23.7 Å². The molecule has 14 heteroatoms. The third kappa shape index (κ3) is 6.75. The van der Waals surface area contributed by atoms with Crippen LogP contribution in [0.2, 0.25) is 0 Å². The molecule has 0 saturated heterocycles. The molecule has 42 heavy (non-hydrogen) atoms. The Balaban J connectivity index is 0.000000337. The molecule has 0 bridgehead atoms. The third-order valence-electron chi connectivity index (χ3n) is 6.56. The van der Waals surface area contributed by atoms with E-state index in [0.29, 0.717) is 17.1 Å². The lowest BCUT2D eigenvalue weighted by Gasteiger charge is -2.37. The molecule has 0 aromatic heterocycles. The van der Waals surface area contributed by atoms with Crippen molar-refractivity contribution in [3.05, 3.63) is 81.9 Å². The number of halogens is 7. The summed E-state index contributed by atoms with van der Waals surface area (Å²) in [7, 11) is -2.03. The number of hydrogen-bond donors (Lipinski definition) is 0. The molecular formula is C28H28F7NO5S. The first-order chi connectivity index (χ1) is 19.6. The molecule has 0 N–H and O–H groups in total. The summed E-state index contributed by atoms with van der Waals surface area (Å²) in [5.74, 6) is -6.67. The minimum Gasteiger partial charge on any atom is -0.497 e. The summed E-state index contributed by atoms with van der Waals surface area (Å²) in [5.41, 5.74) is 1.08. The Kier molecular flexibility index (Phi) is 10.0. The Hall–Kier alpha value is -3.52. The fourth-order valence-corrected chi connectivity index (χ4v) is 6.42. The first-order valence-corrected chi connectivity index (χ1v) is 13.9. The van der Waals surface area contributed by atoms with E-state index in [0.717, 1.165) is 22.4 Å². The number of sulfonamides is 1. The van der Waals surface area contributed by atoms with Gasteiger partial charge in [-0.1, -0.05) is 19.1 Å². The van der Waals surface area contributed by atoms with Crippen molar-refractivity contribution in [1.82, 2.24) is 4.31 Å². The minimum atomic E-state index is -4.91. The van der Waals surface area contributed by atoms with Gasteiger partial charge in [0.1, 0.15) is 17.2 Å². The van der Waals surface area contributed by atoms with E-state index in [9.17, 15) is 39.2 Å². The second-order valence-corrected chi connectivity index (χ2v) is 11.1. The highest BCUT2D eigenvalue weighted by atomic mass is 32.2. The Morgan fingerprint density at radius 2 is 1.52 bits per heavy atom. The molecule has 4 rings (SSSR count). The van der Waals surface area contributed by atoms with Crippen LogP contribution >= 0.6 is 0 Å². The minimum absolute atomic E-state index is 0.139. The van der Waals surface area contributed by atoms with Gasteiger partial charge >= 0.3 is 6.36 Å². The zero-order valence-corrected chi connectivity index (χ0v) is 24.0. The molecule has 3 aromatic rings. The lowest BCUT2D eigenvalue weighted by atomic mass is 9.91. The fourth-order valence-electron chi connectivity index (χ4n) is 4.63. The smallest absolute Gasteiger partial charge is 0.497 e. The molecular weight excluding hydrogens is 595 g/mol. The average molecular weight is 624 g/mol. The number of aryl methyl sites for hydroxylation is 1. The molecule has 0 fully saturated rings. The Morgan fingerprint density at radius 3 is 2.02 bits per heavy atom. The van der Waals surface area contributed by atoms with E-state index in [1.165, 1.54) is 32.4 Å². The molecule has 0 spiro atoms. The lowest BCUT2D eigenvalue weighted by Crippen LogP contribution is -2.41. The van der Waals surface area contributed by atoms with Crippen LogP contribution in [0.1, 0.15) is 41.6 Å². The van der Waals surface area contributed by atoms with E-state index in [2.05, 4.69) is 4.74 Å². The van der Waals surface area contributed by atoms with Crippen LogP contribution in [0.3, 0.4) is 0 Å². The second kappa shape index (κ2) is 12.8. The van der Waals surface area contributed by atoms with Gasteiger partial charge in [0.15, 0.2) is 28.2 Å². The van der Waals surface area contributed by atoms with Crippen LogP contribution in [-0.4, -0.2) is 39.8 Å². The van der Waals surface area contributed by atoms with Crippen LogP contribution in [0.5, 0.6) is 17.2 Å². The van der Waals surface area contributed by atoms with E-state index in [4.69, 9.17) is 9.47 Å². The van der Waals surface area contributed by atoms with Crippen LogP contribution in [0.15, 0.2) is 41.3 Å². The van der Waals surface area contributed by atoms with E-state index in [1.807, 2.05) is 0 Å². The third-order valence-corrected chi connectivity index (χ3v) is 8.49. The summed E-state index contributed by atoms with van der Waals surface area (Å²) in [6.07, 6.45) is -4.18. The van der Waals surface area contributed by atoms with Crippen molar-refractivity contribution in [2.45, 2.75) is 50.9 Å². The van der Waals surface area contributed by atoms with E-state index >= 15 is 0 Å². The van der Waals surface area contributed by atoms with Gasteiger partial charge in [-0.25, -0.2) is 26.0 Å². The van der Waals surface area contributed by atoms with Crippen LogP contribution in [0.25, 0.3) is 0 Å². The molecule has 1 heterocycles. The highest BCUT2D eigenvalue weighted by molar-refractivity contribution is 7.89. The molecule has 6 nitrogen and oxygen atoms in total. The SMILES string of the molecule is CCC1c2c(cc(OC)cc2OC)CCN1S(=O)(=O)c1c(F)c(F)c(C)c(F)c1F.Cc1cccc(OC(F)(F)F)c1. The average Bonchev–Trinajstić information content (AvgIpc) is 2.93. The standard InChI is InChI=1S/C20H21F4NO4S.C8H7F3O/c1-5-13-15-11(8-12(28-3)9-14(15)29-4)6-7-25(13)30(26,27)20-18(23)16(21)10(2)17(22)19(20)24;1-6-3-2-4-7(5-6)12-8(9,10)11/h8-9,13H,5-7H2,1-4H3;2-5H,1H3. The monoisotopic (exact) mass is 623 g/mol. The van der Waals surface area contributed by atoms with Gasteiger partial charge < -0.3 is 14.2 Å². The molecule has 230 valence electrons. The van der Waals surface area contributed by atoms with Crippen molar-refractivity contribution >= 4 is 10.0 Å². The lowest BCUT2D eigenvalue weighted by molar-refractivity contribution is -0.274. The maximum atomic E-state index is 14.5. The van der Waals surface area contributed by atoms with Crippen molar-refractivity contribution in [1.29, 1.82) is 0 Å². The number of rotatable bonds is 6. The van der Waals surface area contributed by atoms with Crippen molar-refractivity contribution in [2.75, 3.05) is 20.8 Å². The normalized spacial score (nSPS) is 15.4. The maximum Gasteiger partial charge on any atom is 0.573 e. The Bertz CT molecular complexity index is 1510. The number of benzene rings is 3. The van der Waals surface area contributed by atoms with Gasteiger partial charge in [-0.05, 0) is 56.0 Å². The Labute approximate surface area is 238 Å². The van der Waals surface area contributed by atoms with Crippen LogP contribution in [0.4, 0.5) is 30.7 Å². The van der Waals surface area contributed by atoms with Crippen LogP contribution in [-0.2, 0) is 16.4 Å². The number of methoxy groups -OCH3 is 2. The predicted molar refractivity (Wildman–Crippen MR) is 139 cm³/mol. The van der Waals surface area contributed by atoms with E-state index in [1.54, 1.807) is 32.0 Å². The molecule has 1 atom stereocenters. The van der Waals surface area contributed by atoms with E-state index < -0.39 is 56.2 Å². The molecule has 0 radical (unpaired) electrons. The number of fused-ring (bicyclic) bond motifs is 1. The zero-order chi connectivity index (χ0) is 31.6. The van der Waals surface area contributed by atoms with Gasteiger partial charge in [0.05, 0.1) is 20.3 Å². The molecule has 0 saturated carbocycles. The molecule has 1 aliphatic rings. The summed E-state index contributed by atoms with van der Waals surface area (Å²) in [4.78, 5) is -1.63. The molecule has 0 aliphatic carbocycles. The van der Waals surface area contributed by atoms with Crippen LogP contribution < -0.4 is 14.2 Å². The number of alkyl halides is 3. The van der Waals surface area contributed by atoms with Gasteiger partial charge in [0.25, 0.3) is 0 Å². The van der Waals surface area contributed by atoms with Crippen molar-refractivity contribution in [3.63, 3.8) is 0 Å². The highest BCUT2D eigenvalue weighted by Gasteiger charge is 2.42. The summed E-state index contributed by atoms with van der Waals surface area (Å²) in [6, 6.07) is 8.25. The Morgan fingerprint density at radius 1 is 0.905 bits per heavy atom. The maximum absolute atomic E-state index is 14.5. The molecule has 1 unspecified atom stereocenters. The van der Waals surface area contributed by atoms with Crippen molar-refractivity contribution in [2.24, 2.45) is 0 Å². The van der Waals surface area contributed by atoms with Gasteiger partial charge in [-0.3, -0.25) is 0 Å². The molecule has 1 aliphatic heterocycles. The molecule has 3 aromatic carbocycles. The summed E-state index contributed by atoms with van der Waals surface area (Å²) < 4.78 is 134. The first kappa shape index (κ1) is 33.0. The largest absolute Gasteiger partial charge is 0.573 e. The summed E-state index contributed by atoms with van der Waals surface area (Å²) in [5, 5.41) is 0. The summed E-state index contributed by atoms with van der Waals surface area (Å²) >= 11 is 0. The van der Waals surface area contributed by atoms with Gasteiger partial charge in [-0.15, -0.1) is 13.2 Å². The topological polar surface area (TPSA) is 65.1 Å². The zero-order valence-electron chi connectivity index (χ0n) is 23.2. The van der Waals surface area contributed by atoms with Crippen molar-refractivity contribution in [3.8, 4) is 17.2 Å². The first-order valence-electron chi connectivity index (χ1n) is 12.5. The molecule has 0 amide bonds. The van der Waals surface area contributed by atoms with Crippen molar-refractivity contribution < 1.29 is 53.4 Å². The van der Waals surface area contributed by atoms with Gasteiger partial charge in [-0.2, -0.15) is 4.31 Å². The fraction of sp³-hybridized carbons (Fsp3) is 0.357. The highest BCUT2D eigenvalue weighted by Crippen LogP contribution is 2.44.